The first-order valence-corrected chi connectivity index (χ1v) is 7.11. The number of esters is 1. The van der Waals surface area contributed by atoms with E-state index in [4.69, 9.17) is 10.5 Å². The van der Waals surface area contributed by atoms with Gasteiger partial charge >= 0.3 is 5.97 Å². The van der Waals surface area contributed by atoms with E-state index in [1.54, 1.807) is 25.1 Å². The van der Waals surface area contributed by atoms with Crippen LogP contribution in [0.4, 0.5) is 5.69 Å². The monoisotopic (exact) mass is 292 g/mol. The third-order valence-corrected chi connectivity index (χ3v) is 3.53. The smallest absolute Gasteiger partial charge is 0.338 e. The van der Waals surface area contributed by atoms with Crippen LogP contribution in [0.2, 0.25) is 0 Å². The van der Waals surface area contributed by atoms with Crippen LogP contribution in [0.3, 0.4) is 0 Å². The number of aromatic amines is 1. The molecule has 2 rings (SSSR count). The first-order valence-electron chi connectivity index (χ1n) is 6.29. The van der Waals surface area contributed by atoms with Crippen molar-refractivity contribution in [3.63, 3.8) is 0 Å². The van der Waals surface area contributed by atoms with Gasteiger partial charge in [0.15, 0.2) is 0 Å². The summed E-state index contributed by atoms with van der Waals surface area (Å²) in [7, 11) is 0. The van der Waals surface area contributed by atoms with Crippen molar-refractivity contribution in [3.8, 4) is 0 Å². The highest BCUT2D eigenvalue weighted by molar-refractivity contribution is 7.99. The van der Waals surface area contributed by atoms with Crippen molar-refractivity contribution >= 4 is 23.4 Å². The van der Waals surface area contributed by atoms with Crippen LogP contribution in [0.5, 0.6) is 0 Å². The molecule has 0 aliphatic heterocycles. The van der Waals surface area contributed by atoms with Gasteiger partial charge in [-0.25, -0.2) is 9.78 Å². The second-order valence-electron chi connectivity index (χ2n) is 3.99. The zero-order valence-electron chi connectivity index (χ0n) is 11.3. The highest BCUT2D eigenvalue weighted by atomic mass is 32.2. The zero-order valence-corrected chi connectivity index (χ0v) is 12.2. The number of anilines is 1. The molecule has 1 aromatic heterocycles. The molecule has 0 atom stereocenters. The normalized spacial score (nSPS) is 10.5. The molecule has 3 N–H and O–H groups in total. The van der Waals surface area contributed by atoms with E-state index in [0.717, 1.165) is 17.1 Å². The van der Waals surface area contributed by atoms with Crippen LogP contribution in [0.15, 0.2) is 28.3 Å². The molecule has 0 fully saturated rings. The van der Waals surface area contributed by atoms with E-state index in [0.29, 0.717) is 23.0 Å². The predicted octanol–water partition coefficient (Wildman–Crippen LogP) is 2.28. The van der Waals surface area contributed by atoms with Crippen molar-refractivity contribution in [2.24, 2.45) is 0 Å². The number of nitrogens with zero attached hydrogens (tertiary/aromatic N) is 2. The number of nitrogens with two attached hydrogens (primary N) is 1. The van der Waals surface area contributed by atoms with Gasteiger partial charge in [0.05, 0.1) is 12.2 Å². The second-order valence-corrected chi connectivity index (χ2v) is 5.00. The fourth-order valence-electron chi connectivity index (χ4n) is 1.56. The number of rotatable bonds is 5. The van der Waals surface area contributed by atoms with Gasteiger partial charge < -0.3 is 10.5 Å². The van der Waals surface area contributed by atoms with E-state index in [9.17, 15) is 4.79 Å². The summed E-state index contributed by atoms with van der Waals surface area (Å²) in [6.07, 6.45) is 0.796. The van der Waals surface area contributed by atoms with Crippen LogP contribution >= 0.6 is 11.8 Å². The number of hydrogen-bond donors (Lipinski definition) is 2. The summed E-state index contributed by atoms with van der Waals surface area (Å²) in [6, 6.07) is 5.06. The van der Waals surface area contributed by atoms with Crippen molar-refractivity contribution in [1.82, 2.24) is 15.2 Å². The molecule has 0 aliphatic rings. The van der Waals surface area contributed by atoms with Crippen molar-refractivity contribution in [2.45, 2.75) is 30.3 Å². The molecule has 6 nitrogen and oxygen atoms in total. The maximum atomic E-state index is 11.6. The van der Waals surface area contributed by atoms with Crippen molar-refractivity contribution in [1.29, 1.82) is 0 Å². The first kappa shape index (κ1) is 14.4. The quantitative estimate of drug-likeness (QED) is 0.648. The number of carbonyl (C=O) groups excluding carboxylic acids is 1. The number of H-pyrrole nitrogens is 1. The van der Waals surface area contributed by atoms with Gasteiger partial charge in [-0.05, 0) is 36.9 Å². The summed E-state index contributed by atoms with van der Waals surface area (Å²) in [5, 5.41) is 7.54. The fraction of sp³-hybridized carbons (Fsp3) is 0.308. The summed E-state index contributed by atoms with van der Waals surface area (Å²) in [4.78, 5) is 16.7. The maximum Gasteiger partial charge on any atom is 0.338 e. The number of benzene rings is 1. The van der Waals surface area contributed by atoms with Crippen LogP contribution in [0.1, 0.15) is 30.0 Å². The lowest BCUT2D eigenvalue weighted by molar-refractivity contribution is 0.0526. The molecular weight excluding hydrogens is 276 g/mol. The lowest BCUT2D eigenvalue weighted by atomic mass is 10.2. The van der Waals surface area contributed by atoms with E-state index < -0.39 is 0 Å². The summed E-state index contributed by atoms with van der Waals surface area (Å²) in [5.74, 6) is 0.455. The number of nitrogen functional groups attached to an aromatic ring is 1. The Morgan fingerprint density at radius 1 is 1.45 bits per heavy atom. The van der Waals surface area contributed by atoms with Crippen LogP contribution < -0.4 is 5.73 Å². The Morgan fingerprint density at radius 3 is 2.85 bits per heavy atom. The number of ether oxygens (including phenoxy) is 1. The number of carbonyl (C=O) groups is 1. The molecule has 0 unspecified atom stereocenters. The minimum Gasteiger partial charge on any atom is -0.462 e. The topological polar surface area (TPSA) is 93.9 Å². The van der Waals surface area contributed by atoms with E-state index in [-0.39, 0.29) is 5.97 Å². The Labute approximate surface area is 121 Å². The average Bonchev–Trinajstić information content (AvgIpc) is 2.89. The summed E-state index contributed by atoms with van der Waals surface area (Å²) >= 11 is 1.35. The predicted molar refractivity (Wildman–Crippen MR) is 76.7 cm³/mol. The van der Waals surface area contributed by atoms with Gasteiger partial charge in [-0.1, -0.05) is 6.92 Å². The number of aryl methyl sites for hydroxylation is 1. The van der Waals surface area contributed by atoms with Gasteiger partial charge in [-0.3, -0.25) is 5.10 Å². The molecular formula is C13H16N4O2S. The highest BCUT2D eigenvalue weighted by Gasteiger charge is 2.11. The van der Waals surface area contributed by atoms with Crippen molar-refractivity contribution in [3.05, 3.63) is 29.6 Å². The molecule has 0 saturated heterocycles. The number of nitrogens with one attached hydrogen (secondary N) is 1. The molecule has 0 saturated carbocycles. The lowest BCUT2D eigenvalue weighted by Crippen LogP contribution is -2.05. The third-order valence-electron chi connectivity index (χ3n) is 2.57. The third kappa shape index (κ3) is 3.30. The van der Waals surface area contributed by atoms with Gasteiger partial charge in [0.1, 0.15) is 5.82 Å². The standard InChI is InChI=1S/C13H16N4O2S/c1-3-11-15-13(17-16-11)20-10-6-5-8(7-9(10)14)12(18)19-4-2/h5-7H,3-4,14H2,1-2H3,(H,15,16,17). The molecule has 1 heterocycles. The molecule has 20 heavy (non-hydrogen) atoms. The molecule has 2 aromatic rings. The Morgan fingerprint density at radius 2 is 2.25 bits per heavy atom. The number of aromatic nitrogens is 3. The van der Waals surface area contributed by atoms with Gasteiger partial charge in [0.2, 0.25) is 5.16 Å². The largest absolute Gasteiger partial charge is 0.462 e. The van der Waals surface area contributed by atoms with Gasteiger partial charge in [-0.2, -0.15) is 0 Å². The number of hydrogen-bond acceptors (Lipinski definition) is 6. The summed E-state index contributed by atoms with van der Waals surface area (Å²) in [6.45, 7) is 4.10. The SMILES string of the molecule is CCOC(=O)c1ccc(Sc2n[nH]c(CC)n2)c(N)c1. The van der Waals surface area contributed by atoms with E-state index in [1.807, 2.05) is 6.92 Å². The molecule has 0 bridgehead atoms. The molecule has 0 amide bonds. The second kappa shape index (κ2) is 6.42. The van der Waals surface area contributed by atoms with Crippen LogP contribution in [-0.4, -0.2) is 27.8 Å². The van der Waals surface area contributed by atoms with E-state index in [1.165, 1.54) is 11.8 Å². The maximum absolute atomic E-state index is 11.6. The highest BCUT2D eigenvalue weighted by Crippen LogP contribution is 2.30. The van der Waals surface area contributed by atoms with Crippen LogP contribution in [0.25, 0.3) is 0 Å². The fourth-order valence-corrected chi connectivity index (χ4v) is 2.32. The van der Waals surface area contributed by atoms with Gasteiger partial charge in [0, 0.05) is 17.0 Å². The van der Waals surface area contributed by atoms with Crippen LogP contribution in [0, 0.1) is 0 Å². The Kier molecular flexibility index (Phi) is 4.62. The average molecular weight is 292 g/mol. The summed E-state index contributed by atoms with van der Waals surface area (Å²) in [5.41, 5.74) is 6.89. The first-order chi connectivity index (χ1) is 9.63. The lowest BCUT2D eigenvalue weighted by Gasteiger charge is -2.06. The molecule has 7 heteroatoms. The Bertz CT molecular complexity index is 612. The van der Waals surface area contributed by atoms with Crippen molar-refractivity contribution < 1.29 is 9.53 Å². The molecule has 106 valence electrons. The van der Waals surface area contributed by atoms with Crippen LogP contribution in [-0.2, 0) is 11.2 Å². The molecule has 0 aliphatic carbocycles. The van der Waals surface area contributed by atoms with Crippen molar-refractivity contribution in [2.75, 3.05) is 12.3 Å². The summed E-state index contributed by atoms with van der Waals surface area (Å²) < 4.78 is 4.93. The van der Waals surface area contributed by atoms with Gasteiger partial charge in [-0.15, -0.1) is 5.10 Å². The molecule has 0 spiro atoms. The molecule has 1 aromatic carbocycles. The molecule has 0 radical (unpaired) electrons. The van der Waals surface area contributed by atoms with E-state index in [2.05, 4.69) is 15.2 Å². The van der Waals surface area contributed by atoms with E-state index >= 15 is 0 Å². The minimum atomic E-state index is -0.373. The van der Waals surface area contributed by atoms with Gasteiger partial charge in [0.25, 0.3) is 0 Å². The Balaban J connectivity index is 2.15. The zero-order chi connectivity index (χ0) is 14.5. The minimum absolute atomic E-state index is 0.340. The Hall–Kier alpha value is -2.02.